The third-order valence-electron chi connectivity index (χ3n) is 3.84. The molecule has 7 nitrogen and oxygen atoms in total. The Balaban J connectivity index is 2.19. The summed E-state index contributed by atoms with van der Waals surface area (Å²) in [6, 6.07) is 2.81. The summed E-state index contributed by atoms with van der Waals surface area (Å²) < 4.78 is 13.7. The smallest absolute Gasteiger partial charge is 0.307 e. The Kier molecular flexibility index (Phi) is 4.69. The SMILES string of the molecule is O=C(O)[C@H]1CCCC[C@@H]1C(=O)Nc1cc([N+](=O)[O-])ccc1F. The van der Waals surface area contributed by atoms with Gasteiger partial charge >= 0.3 is 5.97 Å². The highest BCUT2D eigenvalue weighted by Gasteiger charge is 2.36. The van der Waals surface area contributed by atoms with Gasteiger partial charge in [-0.05, 0) is 18.9 Å². The van der Waals surface area contributed by atoms with Crippen molar-refractivity contribution in [2.24, 2.45) is 11.8 Å². The van der Waals surface area contributed by atoms with Gasteiger partial charge in [0.15, 0.2) is 0 Å². The molecule has 2 N–H and O–H groups in total. The van der Waals surface area contributed by atoms with Crippen LogP contribution in [0, 0.1) is 27.8 Å². The molecule has 0 heterocycles. The third-order valence-corrected chi connectivity index (χ3v) is 3.84. The number of amides is 1. The molecule has 1 fully saturated rings. The van der Waals surface area contributed by atoms with E-state index in [-0.39, 0.29) is 11.4 Å². The third kappa shape index (κ3) is 3.38. The molecular formula is C14H15FN2O5. The van der Waals surface area contributed by atoms with Gasteiger partial charge < -0.3 is 10.4 Å². The quantitative estimate of drug-likeness (QED) is 0.656. The first-order valence-corrected chi connectivity index (χ1v) is 6.87. The molecule has 0 spiro atoms. The van der Waals surface area contributed by atoms with Gasteiger partial charge in [0.2, 0.25) is 5.91 Å². The van der Waals surface area contributed by atoms with Gasteiger partial charge in [0.1, 0.15) is 5.82 Å². The van der Waals surface area contributed by atoms with Gasteiger partial charge in [-0.2, -0.15) is 0 Å². The molecule has 1 aliphatic carbocycles. The second-order valence-electron chi connectivity index (χ2n) is 5.25. The highest BCUT2D eigenvalue weighted by Crippen LogP contribution is 2.32. The number of non-ortho nitro benzene ring substituents is 1. The highest BCUT2D eigenvalue weighted by molar-refractivity contribution is 5.95. The Hall–Kier alpha value is -2.51. The Labute approximate surface area is 125 Å². The van der Waals surface area contributed by atoms with Crippen molar-refractivity contribution in [3.63, 3.8) is 0 Å². The number of benzene rings is 1. The molecule has 2 atom stereocenters. The summed E-state index contributed by atoms with van der Waals surface area (Å²) >= 11 is 0. The second kappa shape index (κ2) is 6.50. The van der Waals surface area contributed by atoms with Crippen molar-refractivity contribution in [1.82, 2.24) is 0 Å². The van der Waals surface area contributed by atoms with Crippen LogP contribution in [0.1, 0.15) is 25.7 Å². The van der Waals surface area contributed by atoms with Crippen molar-refractivity contribution < 1.29 is 24.0 Å². The first-order valence-electron chi connectivity index (χ1n) is 6.87. The average Bonchev–Trinajstić information content (AvgIpc) is 2.49. The zero-order valence-electron chi connectivity index (χ0n) is 11.6. The number of carbonyl (C=O) groups is 2. The molecule has 1 aromatic carbocycles. The number of nitro groups is 1. The summed E-state index contributed by atoms with van der Waals surface area (Å²) in [6.45, 7) is 0. The second-order valence-corrected chi connectivity index (χ2v) is 5.25. The molecule has 1 saturated carbocycles. The number of nitrogens with zero attached hydrogens (tertiary/aromatic N) is 1. The maximum atomic E-state index is 13.7. The normalized spacial score (nSPS) is 21.1. The van der Waals surface area contributed by atoms with Crippen LogP contribution in [0.3, 0.4) is 0 Å². The van der Waals surface area contributed by atoms with Crippen LogP contribution in [-0.4, -0.2) is 21.9 Å². The van der Waals surface area contributed by atoms with Gasteiger partial charge in [0, 0.05) is 12.1 Å². The Morgan fingerprint density at radius 1 is 1.27 bits per heavy atom. The first-order chi connectivity index (χ1) is 10.4. The van der Waals surface area contributed by atoms with E-state index in [9.17, 15) is 24.1 Å². The number of carbonyl (C=O) groups excluding carboxylic acids is 1. The Bertz CT molecular complexity index is 619. The number of hydrogen-bond donors (Lipinski definition) is 2. The standard InChI is InChI=1S/C14H15FN2O5/c15-11-6-5-8(17(21)22)7-12(11)16-13(18)9-3-1-2-4-10(9)14(19)20/h5-7,9-10H,1-4H2,(H,16,18)(H,19,20)/t9-,10-/m0/s1. The predicted molar refractivity (Wildman–Crippen MR) is 74.8 cm³/mol. The van der Waals surface area contributed by atoms with Crippen LogP contribution in [0.5, 0.6) is 0 Å². The minimum Gasteiger partial charge on any atom is -0.481 e. The number of carboxylic acids is 1. The zero-order valence-corrected chi connectivity index (χ0v) is 11.6. The topological polar surface area (TPSA) is 110 Å². The van der Waals surface area contributed by atoms with Crippen molar-refractivity contribution >= 4 is 23.3 Å². The number of carboxylic acid groups (broad SMARTS) is 1. The van der Waals surface area contributed by atoms with Crippen LogP contribution in [-0.2, 0) is 9.59 Å². The lowest BCUT2D eigenvalue weighted by Gasteiger charge is -2.27. The number of aliphatic carboxylic acids is 1. The van der Waals surface area contributed by atoms with E-state index in [0.717, 1.165) is 31.0 Å². The first kappa shape index (κ1) is 15.9. The number of rotatable bonds is 4. The lowest BCUT2D eigenvalue weighted by atomic mass is 9.78. The lowest BCUT2D eigenvalue weighted by Crippen LogP contribution is -2.36. The zero-order chi connectivity index (χ0) is 16.3. The van der Waals surface area contributed by atoms with E-state index in [1.54, 1.807) is 0 Å². The van der Waals surface area contributed by atoms with E-state index in [1.807, 2.05) is 0 Å². The fourth-order valence-electron chi connectivity index (χ4n) is 2.69. The molecule has 0 radical (unpaired) electrons. The number of anilines is 1. The fourth-order valence-corrected chi connectivity index (χ4v) is 2.69. The Morgan fingerprint density at radius 2 is 1.91 bits per heavy atom. The van der Waals surface area contributed by atoms with Crippen LogP contribution in [0.4, 0.5) is 15.8 Å². The molecule has 118 valence electrons. The largest absolute Gasteiger partial charge is 0.481 e. The summed E-state index contributed by atoms with van der Waals surface area (Å²) in [7, 11) is 0. The van der Waals surface area contributed by atoms with Crippen LogP contribution < -0.4 is 5.32 Å². The monoisotopic (exact) mass is 310 g/mol. The van der Waals surface area contributed by atoms with Crippen molar-refractivity contribution in [2.75, 3.05) is 5.32 Å². The van der Waals surface area contributed by atoms with E-state index in [2.05, 4.69) is 5.32 Å². The van der Waals surface area contributed by atoms with Crippen molar-refractivity contribution in [3.8, 4) is 0 Å². The van der Waals surface area contributed by atoms with Gasteiger partial charge in [-0.1, -0.05) is 12.8 Å². The van der Waals surface area contributed by atoms with Crippen molar-refractivity contribution in [1.29, 1.82) is 0 Å². The van der Waals surface area contributed by atoms with E-state index in [0.29, 0.717) is 12.8 Å². The summed E-state index contributed by atoms with van der Waals surface area (Å²) in [5.74, 6) is -4.05. The average molecular weight is 310 g/mol. The van der Waals surface area contributed by atoms with Gasteiger partial charge in [-0.3, -0.25) is 19.7 Å². The molecular weight excluding hydrogens is 295 g/mol. The fraction of sp³-hybridized carbons (Fsp3) is 0.429. The maximum absolute atomic E-state index is 13.7. The molecule has 0 bridgehead atoms. The van der Waals surface area contributed by atoms with Crippen molar-refractivity contribution in [3.05, 3.63) is 34.1 Å². The van der Waals surface area contributed by atoms with Crippen LogP contribution >= 0.6 is 0 Å². The predicted octanol–water partition coefficient (Wildman–Crippen LogP) is 2.56. The number of hydrogen-bond acceptors (Lipinski definition) is 4. The van der Waals surface area contributed by atoms with E-state index >= 15 is 0 Å². The summed E-state index contributed by atoms with van der Waals surface area (Å²) in [6.07, 6.45) is 2.25. The van der Waals surface area contributed by atoms with Gasteiger partial charge in [-0.25, -0.2) is 4.39 Å². The molecule has 0 saturated heterocycles. The molecule has 0 aliphatic heterocycles. The van der Waals surface area contributed by atoms with Gasteiger partial charge in [-0.15, -0.1) is 0 Å². The lowest BCUT2D eigenvalue weighted by molar-refractivity contribution is -0.384. The summed E-state index contributed by atoms with van der Waals surface area (Å²) in [5, 5.41) is 22.1. The van der Waals surface area contributed by atoms with Crippen molar-refractivity contribution in [2.45, 2.75) is 25.7 Å². The van der Waals surface area contributed by atoms with Gasteiger partial charge in [0.05, 0.1) is 22.4 Å². The maximum Gasteiger partial charge on any atom is 0.307 e. The molecule has 2 rings (SSSR count). The number of halogens is 1. The highest BCUT2D eigenvalue weighted by atomic mass is 19.1. The molecule has 8 heteroatoms. The molecule has 1 aromatic rings. The minimum absolute atomic E-state index is 0.311. The molecule has 1 amide bonds. The Morgan fingerprint density at radius 3 is 2.50 bits per heavy atom. The summed E-state index contributed by atoms with van der Waals surface area (Å²) in [4.78, 5) is 33.4. The van der Waals surface area contributed by atoms with Crippen LogP contribution in [0.2, 0.25) is 0 Å². The molecule has 1 aliphatic rings. The number of nitrogens with one attached hydrogen (secondary N) is 1. The molecule has 0 aromatic heterocycles. The summed E-state index contributed by atoms with van der Waals surface area (Å²) in [5.41, 5.74) is -0.663. The number of nitro benzene ring substituents is 1. The van der Waals surface area contributed by atoms with E-state index in [4.69, 9.17) is 5.11 Å². The van der Waals surface area contributed by atoms with E-state index < -0.39 is 34.5 Å². The molecule has 22 heavy (non-hydrogen) atoms. The van der Waals surface area contributed by atoms with Crippen LogP contribution in [0.15, 0.2) is 18.2 Å². The van der Waals surface area contributed by atoms with Crippen LogP contribution in [0.25, 0.3) is 0 Å². The van der Waals surface area contributed by atoms with E-state index in [1.165, 1.54) is 0 Å². The minimum atomic E-state index is -1.06. The molecule has 0 unspecified atom stereocenters. The van der Waals surface area contributed by atoms with Gasteiger partial charge in [0.25, 0.3) is 5.69 Å².